The third-order valence-electron chi connectivity index (χ3n) is 3.57. The Morgan fingerprint density at radius 3 is 2.63 bits per heavy atom. The van der Waals surface area contributed by atoms with Crippen LogP contribution in [0.25, 0.3) is 11.4 Å². The summed E-state index contributed by atoms with van der Waals surface area (Å²) in [5.41, 5.74) is 2.12. The minimum atomic E-state index is -3.42. The minimum absolute atomic E-state index is 0.172. The second-order valence-corrected chi connectivity index (χ2v) is 8.09. The Hall–Kier alpha value is -2.84. The molecule has 0 spiro atoms. The van der Waals surface area contributed by atoms with Gasteiger partial charge in [0.15, 0.2) is 0 Å². The fourth-order valence-corrected chi connectivity index (χ4v) is 3.28. The number of anilines is 1. The minimum Gasteiger partial charge on any atom is -0.347 e. The van der Waals surface area contributed by atoms with E-state index < -0.39 is 10.0 Å². The van der Waals surface area contributed by atoms with Gasteiger partial charge in [-0.1, -0.05) is 41.9 Å². The normalized spacial score (nSPS) is 11.2. The molecule has 0 unspecified atom stereocenters. The highest BCUT2D eigenvalue weighted by Crippen LogP contribution is 2.20. The Kier molecular flexibility index (Phi) is 5.48. The number of carbonyl (C=O) groups excluding carboxylic acids is 1. The Labute approximate surface area is 161 Å². The predicted molar refractivity (Wildman–Crippen MR) is 105 cm³/mol. The van der Waals surface area contributed by atoms with Crippen molar-refractivity contribution in [2.24, 2.45) is 0 Å². The maximum atomic E-state index is 12.3. The number of aromatic nitrogens is 2. The molecule has 0 radical (unpaired) electrons. The van der Waals surface area contributed by atoms with Gasteiger partial charge in [0.25, 0.3) is 5.91 Å². The number of nitrogens with zero attached hydrogens (tertiary/aromatic N) is 1. The average Bonchev–Trinajstić information content (AvgIpc) is 3.09. The van der Waals surface area contributed by atoms with E-state index >= 15 is 0 Å². The van der Waals surface area contributed by atoms with Crippen molar-refractivity contribution in [1.29, 1.82) is 0 Å². The van der Waals surface area contributed by atoms with Crippen molar-refractivity contribution >= 4 is 33.2 Å². The SMILES string of the molecule is CS(=O)(=O)Nc1cc(Cl)cc(CNC(=O)c2c[nH]c(-c3ccccc3)n2)c1. The largest absolute Gasteiger partial charge is 0.347 e. The number of halogens is 1. The lowest BCUT2D eigenvalue weighted by Gasteiger charge is -2.09. The number of hydrogen-bond acceptors (Lipinski definition) is 4. The first-order chi connectivity index (χ1) is 12.8. The van der Waals surface area contributed by atoms with Crippen LogP contribution in [0.15, 0.2) is 54.7 Å². The van der Waals surface area contributed by atoms with E-state index in [0.29, 0.717) is 22.1 Å². The zero-order valence-corrected chi connectivity index (χ0v) is 15.9. The molecule has 3 N–H and O–H groups in total. The topological polar surface area (TPSA) is 104 Å². The lowest BCUT2D eigenvalue weighted by Crippen LogP contribution is -2.23. The van der Waals surface area contributed by atoms with Crippen molar-refractivity contribution in [3.8, 4) is 11.4 Å². The van der Waals surface area contributed by atoms with Crippen LogP contribution >= 0.6 is 11.6 Å². The van der Waals surface area contributed by atoms with Crippen LogP contribution in [0.4, 0.5) is 5.69 Å². The Morgan fingerprint density at radius 1 is 1.19 bits per heavy atom. The zero-order chi connectivity index (χ0) is 19.4. The Bertz CT molecular complexity index is 1070. The Morgan fingerprint density at radius 2 is 1.93 bits per heavy atom. The van der Waals surface area contributed by atoms with E-state index in [4.69, 9.17) is 11.6 Å². The second-order valence-electron chi connectivity index (χ2n) is 5.91. The van der Waals surface area contributed by atoms with Gasteiger partial charge in [-0.25, -0.2) is 13.4 Å². The van der Waals surface area contributed by atoms with E-state index in [9.17, 15) is 13.2 Å². The van der Waals surface area contributed by atoms with Crippen molar-refractivity contribution in [3.05, 3.63) is 71.0 Å². The summed E-state index contributed by atoms with van der Waals surface area (Å²) < 4.78 is 25.1. The van der Waals surface area contributed by atoms with E-state index in [2.05, 4.69) is 20.0 Å². The van der Waals surface area contributed by atoms with Gasteiger partial charge in [0.1, 0.15) is 11.5 Å². The highest BCUT2D eigenvalue weighted by Gasteiger charge is 2.12. The van der Waals surface area contributed by atoms with Crippen LogP contribution in [-0.2, 0) is 16.6 Å². The molecule has 1 aromatic heterocycles. The summed E-state index contributed by atoms with van der Waals surface area (Å²) in [4.78, 5) is 19.6. The standard InChI is InChI=1S/C18H17ClN4O3S/c1-27(25,26)23-15-8-12(7-14(19)9-15)10-21-18(24)16-11-20-17(22-16)13-5-3-2-4-6-13/h2-9,11,23H,10H2,1H3,(H,20,22)(H,21,24). The molecule has 9 heteroatoms. The van der Waals surface area contributed by atoms with Crippen LogP contribution in [0, 0.1) is 0 Å². The predicted octanol–water partition coefficient (Wildman–Crippen LogP) is 3.03. The number of imidazole rings is 1. The maximum absolute atomic E-state index is 12.3. The molecule has 0 aliphatic heterocycles. The van der Waals surface area contributed by atoms with Crippen LogP contribution in [0.5, 0.6) is 0 Å². The highest BCUT2D eigenvalue weighted by molar-refractivity contribution is 7.92. The van der Waals surface area contributed by atoms with Crippen LogP contribution in [0.2, 0.25) is 5.02 Å². The number of sulfonamides is 1. The molecule has 1 amide bonds. The van der Waals surface area contributed by atoms with Crippen LogP contribution in [0.3, 0.4) is 0 Å². The molecule has 1 heterocycles. The molecular formula is C18H17ClN4O3S. The number of aromatic amines is 1. The quantitative estimate of drug-likeness (QED) is 0.587. The van der Waals surface area contributed by atoms with Gasteiger partial charge in [-0.3, -0.25) is 9.52 Å². The first-order valence-electron chi connectivity index (χ1n) is 7.96. The van der Waals surface area contributed by atoms with E-state index in [1.54, 1.807) is 12.1 Å². The summed E-state index contributed by atoms with van der Waals surface area (Å²) in [5.74, 6) is 0.245. The summed E-state index contributed by atoms with van der Waals surface area (Å²) in [7, 11) is -3.42. The molecule has 0 fully saturated rings. The summed E-state index contributed by atoms with van der Waals surface area (Å²) in [6.07, 6.45) is 2.59. The van der Waals surface area contributed by atoms with Crippen molar-refractivity contribution in [3.63, 3.8) is 0 Å². The molecule has 0 atom stereocenters. The van der Waals surface area contributed by atoms with Crippen molar-refractivity contribution < 1.29 is 13.2 Å². The first kappa shape index (κ1) is 18.9. The van der Waals surface area contributed by atoms with Crippen molar-refractivity contribution in [2.75, 3.05) is 11.0 Å². The summed E-state index contributed by atoms with van der Waals surface area (Å²) in [6.45, 7) is 0.172. The number of carbonyl (C=O) groups is 1. The summed E-state index contributed by atoms with van der Waals surface area (Å²) >= 11 is 6.02. The molecule has 0 saturated heterocycles. The third-order valence-corrected chi connectivity index (χ3v) is 4.40. The van der Waals surface area contributed by atoms with Gasteiger partial charge in [-0.2, -0.15) is 0 Å². The highest BCUT2D eigenvalue weighted by atomic mass is 35.5. The van der Waals surface area contributed by atoms with Gasteiger partial charge in [0, 0.05) is 23.3 Å². The van der Waals surface area contributed by atoms with Crippen LogP contribution in [-0.4, -0.2) is 30.5 Å². The number of rotatable bonds is 6. The number of hydrogen-bond donors (Lipinski definition) is 3. The van der Waals surface area contributed by atoms with E-state index in [1.807, 2.05) is 30.3 Å². The molecule has 140 valence electrons. The first-order valence-corrected chi connectivity index (χ1v) is 10.2. The number of H-pyrrole nitrogens is 1. The lowest BCUT2D eigenvalue weighted by molar-refractivity contribution is 0.0946. The average molecular weight is 405 g/mol. The molecule has 0 bridgehead atoms. The number of amides is 1. The fourth-order valence-electron chi connectivity index (χ4n) is 2.48. The van der Waals surface area contributed by atoms with Gasteiger partial charge in [-0.05, 0) is 23.8 Å². The molecule has 27 heavy (non-hydrogen) atoms. The van der Waals surface area contributed by atoms with Crippen LogP contribution < -0.4 is 10.0 Å². The van der Waals surface area contributed by atoms with Gasteiger partial charge < -0.3 is 10.3 Å². The summed E-state index contributed by atoms with van der Waals surface area (Å²) in [6, 6.07) is 14.2. The van der Waals surface area contributed by atoms with Gasteiger partial charge in [-0.15, -0.1) is 0 Å². The van der Waals surface area contributed by atoms with Gasteiger partial charge >= 0.3 is 0 Å². The molecule has 0 aliphatic carbocycles. The summed E-state index contributed by atoms with van der Waals surface area (Å²) in [5, 5.41) is 3.10. The molecular weight excluding hydrogens is 388 g/mol. The van der Waals surface area contributed by atoms with Crippen molar-refractivity contribution in [2.45, 2.75) is 6.54 Å². The lowest BCUT2D eigenvalue weighted by atomic mass is 10.2. The number of nitrogens with one attached hydrogen (secondary N) is 3. The fraction of sp³-hybridized carbons (Fsp3) is 0.111. The van der Waals surface area contributed by atoms with E-state index in [1.165, 1.54) is 12.3 Å². The van der Waals surface area contributed by atoms with Gasteiger partial charge in [0.05, 0.1) is 11.9 Å². The monoisotopic (exact) mass is 404 g/mol. The van der Waals surface area contributed by atoms with Crippen LogP contribution in [0.1, 0.15) is 16.1 Å². The molecule has 0 aliphatic rings. The molecule has 3 aromatic rings. The van der Waals surface area contributed by atoms with E-state index in [-0.39, 0.29) is 18.1 Å². The third kappa shape index (κ3) is 5.32. The van der Waals surface area contributed by atoms with E-state index in [0.717, 1.165) is 11.8 Å². The molecule has 7 nitrogen and oxygen atoms in total. The second kappa shape index (κ2) is 7.81. The molecule has 3 rings (SSSR count). The smallest absolute Gasteiger partial charge is 0.271 e. The Balaban J connectivity index is 1.68. The molecule has 0 saturated carbocycles. The molecule has 2 aromatic carbocycles. The number of benzene rings is 2. The zero-order valence-electron chi connectivity index (χ0n) is 14.4. The van der Waals surface area contributed by atoms with Gasteiger partial charge in [0.2, 0.25) is 10.0 Å². The maximum Gasteiger partial charge on any atom is 0.271 e. The van der Waals surface area contributed by atoms with Crippen molar-refractivity contribution in [1.82, 2.24) is 15.3 Å².